The van der Waals surface area contributed by atoms with Crippen molar-refractivity contribution in [2.45, 2.75) is 33.1 Å². The van der Waals surface area contributed by atoms with Gasteiger partial charge in [-0.3, -0.25) is 14.9 Å². The fraction of sp³-hybridized carbons (Fsp3) is 0.435. The molecule has 1 aliphatic rings. The van der Waals surface area contributed by atoms with Crippen LogP contribution >= 0.6 is 12.4 Å². The number of hydrogen-bond donors (Lipinski definition) is 2. The molecule has 1 amide bonds. The van der Waals surface area contributed by atoms with Crippen LogP contribution in [0.25, 0.3) is 0 Å². The number of benzene rings is 2. The number of halogens is 2. The Kier molecular flexibility index (Phi) is 9.41. The van der Waals surface area contributed by atoms with Gasteiger partial charge in [0.25, 0.3) is 11.6 Å². The number of piperidine rings is 1. The summed E-state index contributed by atoms with van der Waals surface area (Å²) in [5.41, 5.74) is 1.13. The molecule has 174 valence electrons. The Labute approximate surface area is 193 Å². The van der Waals surface area contributed by atoms with E-state index < -0.39 is 16.6 Å². The van der Waals surface area contributed by atoms with Crippen LogP contribution in [0.4, 0.5) is 21.5 Å². The van der Waals surface area contributed by atoms with Gasteiger partial charge in [0.1, 0.15) is 11.5 Å². The zero-order chi connectivity index (χ0) is 22.4. The van der Waals surface area contributed by atoms with Gasteiger partial charge in [0, 0.05) is 23.9 Å². The predicted octanol–water partition coefficient (Wildman–Crippen LogP) is 5.25. The number of nitrogens with zero attached hydrogens (tertiary/aromatic N) is 2. The number of carbonyl (C=O) groups excluding carboxylic acids is 1. The van der Waals surface area contributed by atoms with E-state index in [4.69, 9.17) is 0 Å². The molecule has 2 N–H and O–H groups in total. The van der Waals surface area contributed by atoms with E-state index in [9.17, 15) is 19.3 Å². The topological polar surface area (TPSA) is 87.5 Å². The van der Waals surface area contributed by atoms with Crippen LogP contribution in [0.15, 0.2) is 36.4 Å². The Balaban J connectivity index is 0.00000363. The number of amides is 1. The van der Waals surface area contributed by atoms with Crippen molar-refractivity contribution < 1.29 is 14.1 Å². The summed E-state index contributed by atoms with van der Waals surface area (Å²) in [5, 5.41) is 17.2. The van der Waals surface area contributed by atoms with Gasteiger partial charge in [0.2, 0.25) is 0 Å². The number of nitro benzene ring substituents is 1. The summed E-state index contributed by atoms with van der Waals surface area (Å²) in [6.07, 6.45) is 3.32. The van der Waals surface area contributed by atoms with E-state index in [1.54, 1.807) is 25.1 Å². The van der Waals surface area contributed by atoms with E-state index in [0.29, 0.717) is 23.5 Å². The largest absolute Gasteiger partial charge is 0.379 e. The quantitative estimate of drug-likeness (QED) is 0.316. The highest BCUT2D eigenvalue weighted by atomic mass is 35.5. The number of hydrogen-bond acceptors (Lipinski definition) is 5. The van der Waals surface area contributed by atoms with E-state index in [1.165, 1.54) is 31.0 Å². The number of nitrogens with one attached hydrogen (secondary N) is 2. The van der Waals surface area contributed by atoms with E-state index in [-0.39, 0.29) is 23.7 Å². The average molecular weight is 465 g/mol. The molecule has 1 heterocycles. The first-order valence-electron chi connectivity index (χ1n) is 10.7. The lowest BCUT2D eigenvalue weighted by Gasteiger charge is -2.30. The lowest BCUT2D eigenvalue weighted by Crippen LogP contribution is -2.34. The molecule has 0 bridgehead atoms. The highest BCUT2D eigenvalue weighted by molar-refractivity contribution is 6.05. The molecule has 32 heavy (non-hydrogen) atoms. The number of rotatable bonds is 8. The Morgan fingerprint density at radius 2 is 1.94 bits per heavy atom. The molecule has 0 radical (unpaired) electrons. The highest BCUT2D eigenvalue weighted by Gasteiger charge is 2.19. The molecular weight excluding hydrogens is 435 g/mol. The maximum atomic E-state index is 13.7. The van der Waals surface area contributed by atoms with Crippen LogP contribution in [0.2, 0.25) is 0 Å². The van der Waals surface area contributed by atoms with Crippen LogP contribution in [0.5, 0.6) is 0 Å². The molecule has 0 saturated carbocycles. The first kappa shape index (κ1) is 25.5. The summed E-state index contributed by atoms with van der Waals surface area (Å²) in [5.74, 6) is -0.169. The van der Waals surface area contributed by atoms with Crippen molar-refractivity contribution in [2.24, 2.45) is 5.92 Å². The first-order valence-corrected chi connectivity index (χ1v) is 10.7. The van der Waals surface area contributed by atoms with Gasteiger partial charge in [-0.25, -0.2) is 4.39 Å². The van der Waals surface area contributed by atoms with Gasteiger partial charge in [0.05, 0.1) is 4.92 Å². The Bertz CT molecular complexity index is 949. The Morgan fingerprint density at radius 3 is 2.59 bits per heavy atom. The van der Waals surface area contributed by atoms with Crippen LogP contribution in [-0.2, 0) is 0 Å². The lowest BCUT2D eigenvalue weighted by molar-refractivity contribution is -0.384. The molecule has 1 aliphatic heterocycles. The third kappa shape index (κ3) is 6.90. The van der Waals surface area contributed by atoms with Crippen molar-refractivity contribution in [3.63, 3.8) is 0 Å². The van der Waals surface area contributed by atoms with Crippen LogP contribution in [0.1, 0.15) is 42.1 Å². The zero-order valence-electron chi connectivity index (χ0n) is 18.4. The maximum Gasteiger partial charge on any atom is 0.293 e. The Hall–Kier alpha value is -2.71. The lowest BCUT2D eigenvalue weighted by atomic mass is 9.99. The molecule has 2 aromatic carbocycles. The smallest absolute Gasteiger partial charge is 0.293 e. The minimum absolute atomic E-state index is 0. The monoisotopic (exact) mass is 464 g/mol. The van der Waals surface area contributed by atoms with Crippen LogP contribution in [-0.4, -0.2) is 41.9 Å². The van der Waals surface area contributed by atoms with Crippen LogP contribution in [0.3, 0.4) is 0 Å². The minimum Gasteiger partial charge on any atom is -0.379 e. The molecule has 1 fully saturated rings. The summed E-state index contributed by atoms with van der Waals surface area (Å²) in [6, 6.07) is 8.69. The van der Waals surface area contributed by atoms with Gasteiger partial charge in [-0.2, -0.15) is 0 Å². The van der Waals surface area contributed by atoms with Gasteiger partial charge < -0.3 is 15.5 Å². The maximum absolute atomic E-state index is 13.7. The highest BCUT2D eigenvalue weighted by Crippen LogP contribution is 2.26. The number of anilines is 2. The van der Waals surface area contributed by atoms with Gasteiger partial charge in [0.15, 0.2) is 0 Å². The van der Waals surface area contributed by atoms with Crippen LogP contribution < -0.4 is 10.6 Å². The number of likely N-dealkylation sites (tertiary alicyclic amines) is 1. The normalized spacial score (nSPS) is 14.5. The van der Waals surface area contributed by atoms with Crippen molar-refractivity contribution in [3.8, 4) is 0 Å². The van der Waals surface area contributed by atoms with Crippen molar-refractivity contribution in [1.82, 2.24) is 4.90 Å². The SMILES string of the molecule is Cc1ccc(NC(=O)c2ccc(NCCCN3CCC(C)CC3)c([N+](=O)[O-])c2)cc1F.Cl. The number of nitro groups is 1. The predicted molar refractivity (Wildman–Crippen MR) is 127 cm³/mol. The molecule has 0 atom stereocenters. The summed E-state index contributed by atoms with van der Waals surface area (Å²) < 4.78 is 13.7. The molecule has 0 aromatic heterocycles. The molecule has 0 unspecified atom stereocenters. The van der Waals surface area contributed by atoms with Gasteiger partial charge in [-0.1, -0.05) is 13.0 Å². The summed E-state index contributed by atoms with van der Waals surface area (Å²) >= 11 is 0. The van der Waals surface area contributed by atoms with Gasteiger partial charge >= 0.3 is 0 Å². The second-order valence-electron chi connectivity index (χ2n) is 8.21. The van der Waals surface area contributed by atoms with Crippen molar-refractivity contribution >= 4 is 35.4 Å². The fourth-order valence-electron chi connectivity index (χ4n) is 3.66. The van der Waals surface area contributed by atoms with E-state index in [2.05, 4.69) is 22.5 Å². The van der Waals surface area contributed by atoms with E-state index in [0.717, 1.165) is 32.0 Å². The molecule has 0 spiro atoms. The summed E-state index contributed by atoms with van der Waals surface area (Å²) in [6.45, 7) is 7.69. The third-order valence-electron chi connectivity index (χ3n) is 5.73. The average Bonchev–Trinajstić information content (AvgIpc) is 2.75. The summed E-state index contributed by atoms with van der Waals surface area (Å²) in [7, 11) is 0. The standard InChI is InChI=1S/C23H29FN4O3.ClH/c1-16-8-12-27(13-9-16)11-3-10-25-21-7-5-18(14-22(21)28(30)31)23(29)26-19-6-4-17(2)20(24)15-19;/h4-7,14-16,25H,3,8-13H2,1-2H3,(H,26,29);1H. The second-order valence-corrected chi connectivity index (χ2v) is 8.21. The molecule has 3 rings (SSSR count). The summed E-state index contributed by atoms with van der Waals surface area (Å²) in [4.78, 5) is 25.9. The van der Waals surface area contributed by atoms with E-state index in [1.807, 2.05) is 0 Å². The van der Waals surface area contributed by atoms with Crippen molar-refractivity contribution in [1.29, 1.82) is 0 Å². The number of carbonyl (C=O) groups is 1. The zero-order valence-corrected chi connectivity index (χ0v) is 19.2. The first-order chi connectivity index (χ1) is 14.8. The molecular formula is C23H30ClFN4O3. The van der Waals surface area contributed by atoms with Crippen molar-refractivity contribution in [3.05, 3.63) is 63.5 Å². The molecule has 1 saturated heterocycles. The molecule has 9 heteroatoms. The fourth-order valence-corrected chi connectivity index (χ4v) is 3.66. The molecule has 2 aromatic rings. The third-order valence-corrected chi connectivity index (χ3v) is 5.73. The minimum atomic E-state index is -0.530. The number of aryl methyl sites for hydroxylation is 1. The van der Waals surface area contributed by atoms with Gasteiger partial charge in [-0.15, -0.1) is 12.4 Å². The van der Waals surface area contributed by atoms with Crippen molar-refractivity contribution in [2.75, 3.05) is 36.8 Å². The van der Waals surface area contributed by atoms with E-state index >= 15 is 0 Å². The molecule has 0 aliphatic carbocycles. The molecule has 7 nitrogen and oxygen atoms in total. The van der Waals surface area contributed by atoms with Gasteiger partial charge in [-0.05, 0) is 81.6 Å². The van der Waals surface area contributed by atoms with Crippen LogP contribution in [0, 0.1) is 28.8 Å². The Morgan fingerprint density at radius 1 is 1.22 bits per heavy atom. The second kappa shape index (κ2) is 11.8.